The molecule has 3 nitrogen and oxygen atoms in total. The van der Waals surface area contributed by atoms with Gasteiger partial charge in [-0.1, -0.05) is 6.07 Å². The number of thiol groups is 2. The van der Waals surface area contributed by atoms with Crippen molar-refractivity contribution in [3.05, 3.63) is 35.9 Å². The highest BCUT2D eigenvalue weighted by Gasteiger charge is 2.14. The lowest BCUT2D eigenvalue weighted by Crippen LogP contribution is -2.01. The van der Waals surface area contributed by atoms with Gasteiger partial charge in [-0.2, -0.15) is 0 Å². The molecule has 1 N–H and O–H groups in total. The Morgan fingerprint density at radius 3 is 2.73 bits per heavy atom. The van der Waals surface area contributed by atoms with Crippen LogP contribution in [0.25, 0.3) is 20.8 Å². The third kappa shape index (κ3) is 3.01. The van der Waals surface area contributed by atoms with E-state index in [4.69, 9.17) is 0 Å². The molecule has 0 aliphatic heterocycles. The number of nitrogens with one attached hydrogen (secondary N) is 1. The van der Waals surface area contributed by atoms with E-state index in [1.807, 2.05) is 18.2 Å². The molecule has 0 fully saturated rings. The molecule has 0 saturated heterocycles. The first-order valence-electron chi connectivity index (χ1n) is 6.44. The van der Waals surface area contributed by atoms with Crippen LogP contribution in [0.1, 0.15) is 5.56 Å². The summed E-state index contributed by atoms with van der Waals surface area (Å²) in [5, 5.41) is 3.60. The van der Waals surface area contributed by atoms with E-state index >= 15 is 0 Å². The SMILES string of the molecule is Cc1ccc2nc(-c3ccc(NC(=O)P)c(S)c3S)sc2c1. The summed E-state index contributed by atoms with van der Waals surface area (Å²) >= 11 is 10.6. The predicted octanol–water partition coefficient (Wildman–Crippen LogP) is 5.26. The second-order valence-corrected chi connectivity index (χ2v) is 7.29. The van der Waals surface area contributed by atoms with Crippen LogP contribution < -0.4 is 5.32 Å². The molecule has 0 aliphatic rings. The molecular weight excluding hydrogens is 351 g/mol. The van der Waals surface area contributed by atoms with Gasteiger partial charge in [-0.25, -0.2) is 4.98 Å². The Morgan fingerprint density at radius 1 is 1.23 bits per heavy atom. The van der Waals surface area contributed by atoms with E-state index in [1.54, 1.807) is 11.3 Å². The van der Waals surface area contributed by atoms with Crippen LogP contribution in [-0.4, -0.2) is 10.6 Å². The number of rotatable bonds is 2. The first-order chi connectivity index (χ1) is 10.5. The lowest BCUT2D eigenvalue weighted by atomic mass is 10.2. The van der Waals surface area contributed by atoms with Gasteiger partial charge >= 0.3 is 0 Å². The number of fused-ring (bicyclic) bond motifs is 1. The summed E-state index contributed by atoms with van der Waals surface area (Å²) in [6, 6.07) is 9.92. The van der Waals surface area contributed by atoms with Crippen molar-refractivity contribution >= 4 is 67.4 Å². The van der Waals surface area contributed by atoms with E-state index in [9.17, 15) is 4.79 Å². The molecule has 112 valence electrons. The maximum absolute atomic E-state index is 11.2. The summed E-state index contributed by atoms with van der Waals surface area (Å²) in [5.74, 6) is 0. The zero-order valence-electron chi connectivity index (χ0n) is 11.6. The van der Waals surface area contributed by atoms with E-state index in [2.05, 4.69) is 63.9 Å². The number of amides is 1. The molecule has 0 saturated carbocycles. The highest BCUT2D eigenvalue weighted by atomic mass is 32.1. The van der Waals surface area contributed by atoms with E-state index in [-0.39, 0.29) is 5.65 Å². The van der Waals surface area contributed by atoms with E-state index in [1.165, 1.54) is 5.56 Å². The number of thiazole rings is 1. The van der Waals surface area contributed by atoms with E-state index < -0.39 is 0 Å². The number of hydrogen-bond donors (Lipinski definition) is 3. The van der Waals surface area contributed by atoms with E-state index in [0.717, 1.165) is 20.8 Å². The summed E-state index contributed by atoms with van der Waals surface area (Å²) in [7, 11) is 2.08. The fourth-order valence-electron chi connectivity index (χ4n) is 2.13. The van der Waals surface area contributed by atoms with Gasteiger partial charge in [0.15, 0.2) is 0 Å². The quantitative estimate of drug-likeness (QED) is 0.429. The molecule has 0 aliphatic carbocycles. The number of aryl methyl sites for hydroxylation is 1. The van der Waals surface area contributed by atoms with Gasteiger partial charge in [0.25, 0.3) is 0 Å². The number of aromatic nitrogens is 1. The minimum atomic E-state index is -0.216. The molecule has 1 atom stereocenters. The minimum Gasteiger partial charge on any atom is -0.322 e. The van der Waals surface area contributed by atoms with Gasteiger partial charge < -0.3 is 5.32 Å². The Bertz CT molecular complexity index is 892. The molecule has 7 heteroatoms. The molecule has 0 bridgehead atoms. The van der Waals surface area contributed by atoms with Crippen LogP contribution in [0.2, 0.25) is 0 Å². The Balaban J connectivity index is 2.10. The van der Waals surface area contributed by atoms with Crippen LogP contribution in [0.3, 0.4) is 0 Å². The average Bonchev–Trinajstić information content (AvgIpc) is 2.86. The molecule has 2 aromatic carbocycles. The maximum atomic E-state index is 11.2. The van der Waals surface area contributed by atoms with Gasteiger partial charge in [0.1, 0.15) is 5.01 Å². The van der Waals surface area contributed by atoms with Crippen LogP contribution in [-0.2, 0) is 0 Å². The lowest BCUT2D eigenvalue weighted by molar-refractivity contribution is 0.269. The second-order valence-electron chi connectivity index (χ2n) is 4.84. The standard InChI is InChI=1S/C15H13N2OPS3/c1-7-2-4-9-11(6-7)22-14(16-9)8-3-5-10(17-15(18)19)13(21)12(8)20/h2-6,20-21H,19H2,1H3,(H,17,18). The third-order valence-electron chi connectivity index (χ3n) is 3.18. The first-order valence-corrected chi connectivity index (χ1v) is 8.73. The van der Waals surface area contributed by atoms with Crippen molar-refractivity contribution in [2.45, 2.75) is 16.7 Å². The fraction of sp³-hybridized carbons (Fsp3) is 0.0667. The molecule has 0 spiro atoms. The van der Waals surface area contributed by atoms with Crippen molar-refractivity contribution in [3.63, 3.8) is 0 Å². The van der Waals surface area contributed by atoms with Gasteiger partial charge in [0.2, 0.25) is 5.65 Å². The highest BCUT2D eigenvalue weighted by Crippen LogP contribution is 2.39. The largest absolute Gasteiger partial charge is 0.322 e. The maximum Gasteiger partial charge on any atom is 0.239 e. The highest BCUT2D eigenvalue weighted by molar-refractivity contribution is 7.83. The number of nitrogens with zero attached hydrogens (tertiary/aromatic N) is 1. The number of benzene rings is 2. The molecule has 1 heterocycles. The molecule has 1 aromatic heterocycles. The van der Waals surface area contributed by atoms with Crippen LogP contribution in [0.4, 0.5) is 10.5 Å². The van der Waals surface area contributed by atoms with Crippen molar-refractivity contribution in [1.29, 1.82) is 0 Å². The Labute approximate surface area is 145 Å². The second kappa shape index (κ2) is 6.20. The van der Waals surface area contributed by atoms with Crippen LogP contribution in [0.5, 0.6) is 0 Å². The monoisotopic (exact) mass is 364 g/mol. The van der Waals surface area contributed by atoms with Gasteiger partial charge in [0, 0.05) is 15.4 Å². The molecule has 1 amide bonds. The zero-order valence-corrected chi connectivity index (χ0v) is 15.4. The number of anilines is 1. The van der Waals surface area contributed by atoms with Crippen LogP contribution >= 0.6 is 45.8 Å². The van der Waals surface area contributed by atoms with Gasteiger partial charge in [-0.3, -0.25) is 4.79 Å². The van der Waals surface area contributed by atoms with Crippen molar-refractivity contribution in [2.75, 3.05) is 5.32 Å². The topological polar surface area (TPSA) is 42.0 Å². The molecule has 3 aromatic rings. The molecule has 0 radical (unpaired) electrons. The molecular formula is C15H13N2OPS3. The van der Waals surface area contributed by atoms with Crippen molar-refractivity contribution in [1.82, 2.24) is 4.98 Å². The fourth-order valence-corrected chi connectivity index (χ4v) is 4.01. The summed E-state index contributed by atoms with van der Waals surface area (Å²) < 4.78 is 1.14. The number of carbonyl (C=O) groups excluding carboxylic acids is 1. The summed E-state index contributed by atoms with van der Waals surface area (Å²) in [6.45, 7) is 2.06. The first kappa shape index (κ1) is 15.8. The number of hydrogen-bond acceptors (Lipinski definition) is 5. The smallest absolute Gasteiger partial charge is 0.239 e. The predicted molar refractivity (Wildman–Crippen MR) is 103 cm³/mol. The lowest BCUT2D eigenvalue weighted by Gasteiger charge is -2.10. The summed E-state index contributed by atoms with van der Waals surface area (Å²) in [4.78, 5) is 17.2. The zero-order chi connectivity index (χ0) is 15.9. The third-order valence-corrected chi connectivity index (χ3v) is 5.48. The average molecular weight is 364 g/mol. The van der Waals surface area contributed by atoms with Gasteiger partial charge in [-0.05, 0) is 46.0 Å². The van der Waals surface area contributed by atoms with Crippen LogP contribution in [0.15, 0.2) is 40.1 Å². The van der Waals surface area contributed by atoms with Crippen molar-refractivity contribution < 1.29 is 4.79 Å². The molecule has 22 heavy (non-hydrogen) atoms. The Hall–Kier alpha value is -1.07. The summed E-state index contributed by atoms with van der Waals surface area (Å²) in [6.07, 6.45) is 0. The number of carbonyl (C=O) groups is 1. The van der Waals surface area contributed by atoms with Gasteiger partial charge in [-0.15, -0.1) is 36.6 Å². The molecule has 3 rings (SSSR count). The summed E-state index contributed by atoms with van der Waals surface area (Å²) in [5.41, 5.74) is 3.51. The van der Waals surface area contributed by atoms with Crippen molar-refractivity contribution in [2.24, 2.45) is 0 Å². The normalized spacial score (nSPS) is 10.9. The van der Waals surface area contributed by atoms with E-state index in [0.29, 0.717) is 15.5 Å². The minimum absolute atomic E-state index is 0.216. The Kier molecular flexibility index (Phi) is 4.46. The Morgan fingerprint density at radius 2 is 2.00 bits per heavy atom. The van der Waals surface area contributed by atoms with Gasteiger partial charge in [0.05, 0.1) is 15.9 Å². The molecule has 1 unspecified atom stereocenters. The van der Waals surface area contributed by atoms with Crippen LogP contribution in [0, 0.1) is 6.92 Å². The van der Waals surface area contributed by atoms with Crippen molar-refractivity contribution in [3.8, 4) is 10.6 Å².